The number of amides is 1. The Morgan fingerprint density at radius 2 is 0.948 bits per heavy atom. The van der Waals surface area contributed by atoms with Gasteiger partial charge in [-0.05, 0) is 25.7 Å². The fraction of sp³-hybridized carbons (Fsp3) is 0.938. The molecule has 0 aromatic rings. The van der Waals surface area contributed by atoms with Crippen LogP contribution in [0.5, 0.6) is 0 Å². The molecule has 0 spiro atoms. The predicted octanol–water partition coefficient (Wildman–Crippen LogP) is 11.1. The van der Waals surface area contributed by atoms with Crippen LogP contribution in [-0.2, 0) is 28.6 Å². The average molecular weight is 826 g/mol. The first kappa shape index (κ1) is 54.3. The Hall–Kier alpha value is -1.75. The molecule has 1 heterocycles. The van der Waals surface area contributed by atoms with E-state index in [9.17, 15) is 29.7 Å². The topological polar surface area (TPSA) is 152 Å². The van der Waals surface area contributed by atoms with Gasteiger partial charge in [0.2, 0.25) is 5.91 Å². The lowest BCUT2D eigenvalue weighted by molar-refractivity contribution is -0.259. The second kappa shape index (κ2) is 38.2. The van der Waals surface area contributed by atoms with Gasteiger partial charge in [-0.15, -0.1) is 0 Å². The molecule has 1 aliphatic heterocycles. The second-order valence-electron chi connectivity index (χ2n) is 17.3. The molecule has 0 aromatic heterocycles. The van der Waals surface area contributed by atoms with Crippen LogP contribution >= 0.6 is 0 Å². The van der Waals surface area contributed by atoms with E-state index in [4.69, 9.17) is 14.2 Å². The van der Waals surface area contributed by atoms with Gasteiger partial charge in [-0.25, -0.2) is 0 Å². The summed E-state index contributed by atoms with van der Waals surface area (Å²) in [6.45, 7) is 6.08. The van der Waals surface area contributed by atoms with E-state index in [0.29, 0.717) is 19.3 Å². The lowest BCUT2D eigenvalue weighted by atomic mass is 9.96. The van der Waals surface area contributed by atoms with Crippen molar-refractivity contribution in [3.05, 3.63) is 0 Å². The maximum Gasteiger partial charge on any atom is 0.310 e. The zero-order valence-electron chi connectivity index (χ0n) is 37.7. The summed E-state index contributed by atoms with van der Waals surface area (Å²) in [5.41, 5.74) is 0. The van der Waals surface area contributed by atoms with Crippen LogP contribution in [-0.4, -0.2) is 76.5 Å². The Kier molecular flexibility index (Phi) is 35.7. The summed E-state index contributed by atoms with van der Waals surface area (Å²) in [4.78, 5) is 39.4. The highest BCUT2D eigenvalue weighted by Crippen LogP contribution is 2.25. The van der Waals surface area contributed by atoms with Gasteiger partial charge in [0.1, 0.15) is 24.4 Å². The van der Waals surface area contributed by atoms with Crippen LogP contribution in [0.25, 0.3) is 0 Å². The number of carbonyl (C=O) groups is 3. The van der Waals surface area contributed by atoms with Crippen LogP contribution in [0.15, 0.2) is 0 Å². The second-order valence-corrected chi connectivity index (χ2v) is 17.3. The largest absolute Gasteiger partial charge is 0.462 e. The van der Waals surface area contributed by atoms with Gasteiger partial charge in [0.25, 0.3) is 0 Å². The summed E-state index contributed by atoms with van der Waals surface area (Å²) < 4.78 is 17.0. The van der Waals surface area contributed by atoms with Crippen LogP contribution in [0.4, 0.5) is 0 Å². The molecule has 0 aliphatic carbocycles. The lowest BCUT2D eigenvalue weighted by Gasteiger charge is -2.42. The highest BCUT2D eigenvalue weighted by Gasteiger charge is 2.47. The van der Waals surface area contributed by atoms with Gasteiger partial charge in [0, 0.05) is 12.8 Å². The van der Waals surface area contributed by atoms with Crippen molar-refractivity contribution in [1.29, 1.82) is 0 Å². The molecule has 1 aliphatic rings. The first-order valence-electron chi connectivity index (χ1n) is 24.6. The van der Waals surface area contributed by atoms with Crippen molar-refractivity contribution in [2.75, 3.05) is 6.61 Å². The zero-order chi connectivity index (χ0) is 42.5. The van der Waals surface area contributed by atoms with E-state index in [-0.39, 0.29) is 24.7 Å². The Labute approximate surface area is 355 Å². The van der Waals surface area contributed by atoms with E-state index in [2.05, 4.69) is 26.1 Å². The summed E-state index contributed by atoms with van der Waals surface area (Å²) in [5.74, 6) is -1.36. The first-order valence-corrected chi connectivity index (χ1v) is 24.6. The van der Waals surface area contributed by atoms with E-state index < -0.39 is 49.3 Å². The Balaban J connectivity index is 2.67. The highest BCUT2D eigenvalue weighted by atomic mass is 16.6. The lowest BCUT2D eigenvalue weighted by Crippen LogP contribution is -2.65. The minimum absolute atomic E-state index is 0.204. The molecule has 0 radical (unpaired) electrons. The van der Waals surface area contributed by atoms with Crippen LogP contribution in [0.1, 0.15) is 245 Å². The van der Waals surface area contributed by atoms with Crippen molar-refractivity contribution >= 4 is 17.8 Å². The van der Waals surface area contributed by atoms with E-state index in [1.807, 2.05) is 0 Å². The van der Waals surface area contributed by atoms with Gasteiger partial charge in [0.05, 0.1) is 13.0 Å². The molecule has 1 amide bonds. The van der Waals surface area contributed by atoms with Crippen LogP contribution in [0, 0.1) is 0 Å². The fourth-order valence-electron chi connectivity index (χ4n) is 8.04. The Morgan fingerprint density at radius 3 is 1.38 bits per heavy atom. The van der Waals surface area contributed by atoms with E-state index in [1.165, 1.54) is 128 Å². The van der Waals surface area contributed by atoms with Crippen molar-refractivity contribution in [2.24, 2.45) is 0 Å². The normalized spacial score (nSPS) is 19.9. The zero-order valence-corrected chi connectivity index (χ0v) is 37.7. The summed E-state index contributed by atoms with van der Waals surface area (Å²) in [5, 5.41) is 34.4. The summed E-state index contributed by atoms with van der Waals surface area (Å²) in [6.07, 6.45) is 30.6. The van der Waals surface area contributed by atoms with E-state index in [1.54, 1.807) is 0 Å². The summed E-state index contributed by atoms with van der Waals surface area (Å²) >= 11 is 0. The quantitative estimate of drug-likeness (QED) is 0.0349. The molecule has 4 N–H and O–H groups in total. The van der Waals surface area contributed by atoms with Crippen LogP contribution < -0.4 is 5.32 Å². The summed E-state index contributed by atoms with van der Waals surface area (Å²) in [6, 6.07) is -1.22. The molecule has 342 valence electrons. The summed E-state index contributed by atoms with van der Waals surface area (Å²) in [7, 11) is 0. The number of hydrogen-bond acceptors (Lipinski definition) is 9. The van der Waals surface area contributed by atoms with Crippen molar-refractivity contribution in [3.8, 4) is 0 Å². The molecule has 10 heteroatoms. The highest BCUT2D eigenvalue weighted by molar-refractivity contribution is 5.76. The Morgan fingerprint density at radius 1 is 0.552 bits per heavy atom. The number of hydrogen-bond donors (Lipinski definition) is 4. The van der Waals surface area contributed by atoms with Gasteiger partial charge in [-0.3, -0.25) is 14.4 Å². The molecule has 1 rings (SSSR count). The molecule has 1 fully saturated rings. The van der Waals surface area contributed by atoms with E-state index >= 15 is 0 Å². The maximum atomic E-state index is 13.5. The number of esters is 2. The number of rotatable bonds is 40. The third kappa shape index (κ3) is 28.7. The third-order valence-electron chi connectivity index (χ3n) is 11.8. The monoisotopic (exact) mass is 826 g/mol. The number of nitrogens with one attached hydrogen (secondary N) is 1. The average Bonchev–Trinajstić information content (AvgIpc) is 3.20. The molecule has 0 saturated carbocycles. The van der Waals surface area contributed by atoms with Gasteiger partial charge < -0.3 is 34.8 Å². The molecule has 10 nitrogen and oxygen atoms in total. The maximum absolute atomic E-state index is 13.5. The van der Waals surface area contributed by atoms with Gasteiger partial charge >= 0.3 is 11.9 Å². The molecule has 6 atom stereocenters. The minimum Gasteiger partial charge on any atom is -0.462 e. The molecular formula is C48H91NO9. The van der Waals surface area contributed by atoms with Gasteiger partial charge in [-0.2, -0.15) is 0 Å². The predicted molar refractivity (Wildman–Crippen MR) is 234 cm³/mol. The SMILES string of the molecule is CCCCCCCCCCCCCC(=O)N[C@@H]1[C@@H](OC(=O)C[C@@H](CCCCCCCCCCC)OC(=O)CCCCCCCCCCCCC)[C@H](O)[C@@H](CO)O[C@H]1O. The first-order chi connectivity index (χ1) is 28.3. The number of unbranched alkanes of at least 4 members (excludes halogenated alkanes) is 28. The molecular weight excluding hydrogens is 735 g/mol. The van der Waals surface area contributed by atoms with Crippen molar-refractivity contribution in [2.45, 2.75) is 282 Å². The molecule has 0 unspecified atom stereocenters. The minimum atomic E-state index is -1.60. The number of aliphatic hydroxyl groups is 3. The van der Waals surface area contributed by atoms with Gasteiger partial charge in [-0.1, -0.05) is 201 Å². The Bertz CT molecular complexity index is 981. The third-order valence-corrected chi connectivity index (χ3v) is 11.8. The molecule has 1 saturated heterocycles. The number of ether oxygens (including phenoxy) is 3. The standard InChI is InChI=1S/C48H91NO9/c1-4-7-10-13-16-19-21-24-27-30-33-36-42(51)49-45-47(46(54)41(39-50)57-48(45)55)58-44(53)38-40(35-32-29-26-23-18-15-12-9-6-3)56-43(52)37-34-31-28-25-22-20-17-14-11-8-5-2/h40-41,45-48,50,54-55H,4-39H2,1-3H3,(H,49,51)/t40-,41-,45-,46-,47-,48-/m1/s1. The number of carbonyl (C=O) groups excluding carboxylic acids is 3. The fourth-order valence-corrected chi connectivity index (χ4v) is 8.04. The molecule has 0 aromatic carbocycles. The molecule has 0 bridgehead atoms. The van der Waals surface area contributed by atoms with Gasteiger partial charge in [0.15, 0.2) is 12.4 Å². The van der Waals surface area contributed by atoms with Crippen molar-refractivity contribution in [1.82, 2.24) is 5.32 Å². The molecule has 58 heavy (non-hydrogen) atoms. The smallest absolute Gasteiger partial charge is 0.310 e. The van der Waals surface area contributed by atoms with Crippen LogP contribution in [0.2, 0.25) is 0 Å². The van der Waals surface area contributed by atoms with E-state index in [0.717, 1.165) is 64.2 Å². The van der Waals surface area contributed by atoms with Crippen LogP contribution in [0.3, 0.4) is 0 Å². The van der Waals surface area contributed by atoms with Crippen molar-refractivity contribution in [3.63, 3.8) is 0 Å². The van der Waals surface area contributed by atoms with Crippen molar-refractivity contribution < 1.29 is 43.9 Å². The number of aliphatic hydroxyl groups excluding tert-OH is 3.